The Morgan fingerprint density at radius 1 is 1.18 bits per heavy atom. The highest BCUT2D eigenvalue weighted by molar-refractivity contribution is 5.94. The number of fused-ring (bicyclic) bond motifs is 2. The maximum atomic E-state index is 12.8. The summed E-state index contributed by atoms with van der Waals surface area (Å²) in [6.07, 6.45) is 3.42. The minimum absolute atomic E-state index is 0.104. The largest absolute Gasteiger partial charge is 0.464 e. The third-order valence-electron chi connectivity index (χ3n) is 6.28. The summed E-state index contributed by atoms with van der Waals surface area (Å²) in [6.45, 7) is 5.62. The third-order valence-corrected chi connectivity index (χ3v) is 6.28. The summed E-state index contributed by atoms with van der Waals surface area (Å²) < 4.78 is 18.3. The Bertz CT molecular complexity index is 1350. The molecular weight excluding hydrogens is 434 g/mol. The van der Waals surface area contributed by atoms with Gasteiger partial charge in [-0.05, 0) is 48.6 Å². The van der Waals surface area contributed by atoms with Crippen molar-refractivity contribution in [3.8, 4) is 0 Å². The Kier molecular flexibility index (Phi) is 6.51. The first-order valence-corrected chi connectivity index (χ1v) is 11.8. The van der Waals surface area contributed by atoms with Crippen LogP contribution in [-0.2, 0) is 22.5 Å². The van der Waals surface area contributed by atoms with E-state index in [0.29, 0.717) is 37.6 Å². The summed E-state index contributed by atoms with van der Waals surface area (Å²) in [7, 11) is 0. The van der Waals surface area contributed by atoms with Gasteiger partial charge in [0.15, 0.2) is 5.58 Å². The van der Waals surface area contributed by atoms with Crippen molar-refractivity contribution in [2.24, 2.45) is 5.92 Å². The number of hydrogen-bond acceptors (Lipinski definition) is 6. The van der Waals surface area contributed by atoms with Crippen LogP contribution in [0, 0.1) is 5.92 Å². The molecule has 1 saturated heterocycles. The number of oxazole rings is 1. The normalized spacial score (nSPS) is 17.3. The molecule has 1 aliphatic heterocycles. The lowest BCUT2D eigenvalue weighted by atomic mass is 9.97. The molecule has 0 saturated carbocycles. The quantitative estimate of drug-likeness (QED) is 0.447. The number of aromatic nitrogens is 1. The molecule has 8 nitrogen and oxygen atoms in total. The molecule has 3 heterocycles. The molecule has 2 aromatic heterocycles. The van der Waals surface area contributed by atoms with E-state index in [1.54, 1.807) is 23.0 Å². The molecule has 1 fully saturated rings. The summed E-state index contributed by atoms with van der Waals surface area (Å²) in [5.41, 5.74) is 3.96. The van der Waals surface area contributed by atoms with E-state index in [2.05, 4.69) is 16.3 Å². The molecule has 5 rings (SSSR count). The van der Waals surface area contributed by atoms with Crippen molar-refractivity contribution in [3.63, 3.8) is 0 Å². The van der Waals surface area contributed by atoms with E-state index in [9.17, 15) is 9.59 Å². The Morgan fingerprint density at radius 2 is 2.09 bits per heavy atom. The van der Waals surface area contributed by atoms with Crippen LogP contribution in [0.25, 0.3) is 22.1 Å². The van der Waals surface area contributed by atoms with Crippen LogP contribution < -0.4 is 11.1 Å². The number of amides is 1. The number of benzene rings is 2. The topological polar surface area (TPSA) is 89.9 Å². The minimum Gasteiger partial charge on any atom is -0.464 e. The smallest absolute Gasteiger partial charge is 0.419 e. The van der Waals surface area contributed by atoms with Crippen LogP contribution >= 0.6 is 0 Å². The number of nitrogens with zero attached hydrogens (tertiary/aromatic N) is 2. The number of carbonyl (C=O) groups excluding carboxylic acids is 1. The fraction of sp³-hybridized carbons (Fsp3) is 0.385. The molecule has 0 unspecified atom stereocenters. The van der Waals surface area contributed by atoms with Crippen molar-refractivity contribution in [2.45, 2.75) is 26.3 Å². The SMILES string of the molecule is CCCn1c(=O)oc2cc(NC(=O)CN3CCOC[C@H](Cc4cccc5occc45)C3)ccc21. The molecule has 8 heteroatoms. The monoisotopic (exact) mass is 463 g/mol. The molecule has 1 N–H and O–H groups in total. The molecule has 1 amide bonds. The highest BCUT2D eigenvalue weighted by Crippen LogP contribution is 2.24. The zero-order valence-electron chi connectivity index (χ0n) is 19.3. The van der Waals surface area contributed by atoms with Gasteiger partial charge in [0, 0.05) is 36.8 Å². The summed E-state index contributed by atoms with van der Waals surface area (Å²) in [5, 5.41) is 4.07. The van der Waals surface area contributed by atoms with Gasteiger partial charge in [0.05, 0.1) is 31.5 Å². The molecular formula is C26H29N3O5. The second-order valence-corrected chi connectivity index (χ2v) is 8.88. The number of nitrogens with one attached hydrogen (secondary N) is 1. The second-order valence-electron chi connectivity index (χ2n) is 8.88. The Balaban J connectivity index is 1.23. The summed E-state index contributed by atoms with van der Waals surface area (Å²) in [5.74, 6) is -0.200. The van der Waals surface area contributed by atoms with Gasteiger partial charge in [0.1, 0.15) is 5.58 Å². The van der Waals surface area contributed by atoms with Crippen molar-refractivity contribution in [1.29, 1.82) is 0 Å². The molecule has 0 radical (unpaired) electrons. The van der Waals surface area contributed by atoms with Gasteiger partial charge in [-0.1, -0.05) is 19.1 Å². The molecule has 1 atom stereocenters. The number of carbonyl (C=O) groups is 1. The molecule has 0 spiro atoms. The molecule has 0 bridgehead atoms. The highest BCUT2D eigenvalue weighted by atomic mass is 16.5. The van der Waals surface area contributed by atoms with E-state index in [0.717, 1.165) is 35.9 Å². The van der Waals surface area contributed by atoms with Crippen LogP contribution in [0.4, 0.5) is 5.69 Å². The Morgan fingerprint density at radius 3 is 2.97 bits per heavy atom. The lowest BCUT2D eigenvalue weighted by molar-refractivity contribution is -0.117. The van der Waals surface area contributed by atoms with Gasteiger partial charge in [-0.25, -0.2) is 4.79 Å². The lowest BCUT2D eigenvalue weighted by Crippen LogP contribution is -2.37. The minimum atomic E-state index is -0.373. The van der Waals surface area contributed by atoms with Gasteiger partial charge in [-0.15, -0.1) is 0 Å². The first-order valence-electron chi connectivity index (χ1n) is 11.8. The first kappa shape index (κ1) is 22.4. The van der Waals surface area contributed by atoms with Crippen LogP contribution in [-0.4, -0.2) is 48.2 Å². The predicted molar refractivity (Wildman–Crippen MR) is 130 cm³/mol. The van der Waals surface area contributed by atoms with Gasteiger partial charge in [0.2, 0.25) is 5.91 Å². The van der Waals surface area contributed by atoms with E-state index in [-0.39, 0.29) is 24.1 Å². The van der Waals surface area contributed by atoms with Gasteiger partial charge < -0.3 is 18.9 Å². The van der Waals surface area contributed by atoms with E-state index >= 15 is 0 Å². The average Bonchev–Trinajstić information content (AvgIpc) is 3.34. The fourth-order valence-electron chi connectivity index (χ4n) is 4.75. The van der Waals surface area contributed by atoms with Gasteiger partial charge in [0.25, 0.3) is 0 Å². The van der Waals surface area contributed by atoms with Crippen molar-refractivity contribution < 1.29 is 18.4 Å². The summed E-state index contributed by atoms with van der Waals surface area (Å²) >= 11 is 0. The van der Waals surface area contributed by atoms with Gasteiger partial charge in [-0.3, -0.25) is 14.3 Å². The average molecular weight is 464 g/mol. The predicted octanol–water partition coefficient (Wildman–Crippen LogP) is 3.88. The molecule has 4 aromatic rings. The zero-order chi connectivity index (χ0) is 23.5. The number of furan rings is 1. The summed E-state index contributed by atoms with van der Waals surface area (Å²) in [6, 6.07) is 13.4. The number of ether oxygens (including phenoxy) is 1. The summed E-state index contributed by atoms with van der Waals surface area (Å²) in [4.78, 5) is 27.0. The van der Waals surface area contributed by atoms with Crippen LogP contribution in [0.15, 0.2) is 62.4 Å². The van der Waals surface area contributed by atoms with Crippen LogP contribution in [0.3, 0.4) is 0 Å². The van der Waals surface area contributed by atoms with E-state index in [4.69, 9.17) is 13.6 Å². The third kappa shape index (κ3) is 4.78. The van der Waals surface area contributed by atoms with Crippen molar-refractivity contribution >= 4 is 33.7 Å². The number of anilines is 1. The standard InChI is InChI=1S/C26H29N3O5/c1-2-9-29-22-7-6-20(14-24(22)34-26(29)31)27-25(30)16-28-10-12-32-17-18(15-28)13-19-4-3-5-23-21(19)8-11-33-23/h3-8,11,14,18H,2,9-10,12-13,15-17H2,1H3,(H,27,30)/t18-/m1/s1. The van der Waals surface area contributed by atoms with Gasteiger partial charge in [-0.2, -0.15) is 0 Å². The van der Waals surface area contributed by atoms with Crippen LogP contribution in [0.1, 0.15) is 18.9 Å². The Labute approximate surface area is 197 Å². The first-order chi connectivity index (χ1) is 16.6. The number of rotatable bonds is 7. The Hall–Kier alpha value is -3.36. The number of hydrogen-bond donors (Lipinski definition) is 1. The van der Waals surface area contributed by atoms with E-state index in [1.807, 2.05) is 31.2 Å². The number of aryl methyl sites for hydroxylation is 1. The molecule has 0 aliphatic carbocycles. The van der Waals surface area contributed by atoms with Crippen molar-refractivity contribution in [1.82, 2.24) is 9.47 Å². The second kappa shape index (κ2) is 9.87. The zero-order valence-corrected chi connectivity index (χ0v) is 19.3. The van der Waals surface area contributed by atoms with Crippen molar-refractivity contribution in [2.75, 3.05) is 38.2 Å². The van der Waals surface area contributed by atoms with Gasteiger partial charge >= 0.3 is 5.76 Å². The van der Waals surface area contributed by atoms with E-state index < -0.39 is 0 Å². The molecule has 178 valence electrons. The van der Waals surface area contributed by atoms with Crippen LogP contribution in [0.2, 0.25) is 0 Å². The molecule has 34 heavy (non-hydrogen) atoms. The lowest BCUT2D eigenvalue weighted by Gasteiger charge is -2.23. The maximum absolute atomic E-state index is 12.8. The fourth-order valence-corrected chi connectivity index (χ4v) is 4.75. The molecule has 2 aromatic carbocycles. The maximum Gasteiger partial charge on any atom is 0.419 e. The highest BCUT2D eigenvalue weighted by Gasteiger charge is 2.22. The van der Waals surface area contributed by atoms with E-state index in [1.165, 1.54) is 5.56 Å². The van der Waals surface area contributed by atoms with Crippen molar-refractivity contribution in [3.05, 3.63) is 64.8 Å². The van der Waals surface area contributed by atoms with Crippen LogP contribution in [0.5, 0.6) is 0 Å². The molecule has 1 aliphatic rings.